The standard InChI is InChI=1S/C23H20N4O2S/c1-2-28-19-13-11-18(12-14-19)22-25-26-23(30)27(22)24-16-17-7-6-10-21(15-17)29-20-8-4-3-5-9-20/h3-16H,2H2,1H3,(H,26,30)/b24-16+. The largest absolute Gasteiger partial charge is 0.494 e. The van der Waals surface area contributed by atoms with Gasteiger partial charge in [0.2, 0.25) is 4.77 Å². The first-order chi connectivity index (χ1) is 14.7. The van der Waals surface area contributed by atoms with Crippen LogP contribution in [-0.2, 0) is 0 Å². The molecule has 4 rings (SSSR count). The maximum Gasteiger partial charge on any atom is 0.216 e. The van der Waals surface area contributed by atoms with Gasteiger partial charge >= 0.3 is 0 Å². The van der Waals surface area contributed by atoms with Crippen molar-refractivity contribution >= 4 is 18.4 Å². The van der Waals surface area contributed by atoms with Crippen molar-refractivity contribution in [2.45, 2.75) is 6.92 Å². The van der Waals surface area contributed by atoms with Crippen molar-refractivity contribution < 1.29 is 9.47 Å². The Bertz CT molecular complexity index is 1200. The second kappa shape index (κ2) is 9.19. The van der Waals surface area contributed by atoms with Crippen LogP contribution in [0.25, 0.3) is 11.4 Å². The molecule has 0 amide bonds. The molecule has 1 heterocycles. The van der Waals surface area contributed by atoms with Crippen LogP contribution in [0.3, 0.4) is 0 Å². The van der Waals surface area contributed by atoms with E-state index in [1.807, 2.05) is 85.8 Å². The molecular weight excluding hydrogens is 396 g/mol. The first kappa shape index (κ1) is 19.6. The van der Waals surface area contributed by atoms with Crippen LogP contribution in [0, 0.1) is 4.77 Å². The molecule has 1 aromatic heterocycles. The van der Waals surface area contributed by atoms with Gasteiger partial charge in [-0.2, -0.15) is 14.9 Å². The van der Waals surface area contributed by atoms with E-state index in [1.54, 1.807) is 10.9 Å². The highest BCUT2D eigenvalue weighted by Gasteiger charge is 2.08. The van der Waals surface area contributed by atoms with Crippen LogP contribution in [0.4, 0.5) is 0 Å². The summed E-state index contributed by atoms with van der Waals surface area (Å²) in [7, 11) is 0. The molecule has 0 bridgehead atoms. The number of aromatic nitrogens is 3. The van der Waals surface area contributed by atoms with E-state index < -0.39 is 0 Å². The molecule has 0 unspecified atom stereocenters. The third-order valence-corrected chi connectivity index (χ3v) is 4.50. The van der Waals surface area contributed by atoms with E-state index >= 15 is 0 Å². The molecule has 0 aliphatic rings. The fourth-order valence-corrected chi connectivity index (χ4v) is 3.04. The van der Waals surface area contributed by atoms with Crippen molar-refractivity contribution in [1.29, 1.82) is 0 Å². The van der Waals surface area contributed by atoms with Crippen molar-refractivity contribution in [2.75, 3.05) is 6.61 Å². The number of nitrogens with one attached hydrogen (secondary N) is 1. The highest BCUT2D eigenvalue weighted by molar-refractivity contribution is 7.71. The Morgan fingerprint density at radius 3 is 2.50 bits per heavy atom. The number of aromatic amines is 1. The molecule has 3 aromatic carbocycles. The van der Waals surface area contributed by atoms with E-state index in [4.69, 9.17) is 21.7 Å². The van der Waals surface area contributed by atoms with Crippen LogP contribution in [-0.4, -0.2) is 27.7 Å². The summed E-state index contributed by atoms with van der Waals surface area (Å²) in [6.07, 6.45) is 1.72. The SMILES string of the molecule is CCOc1ccc(-c2n[nH]c(=S)n2/N=C/c2cccc(Oc3ccccc3)c2)cc1. The maximum absolute atomic E-state index is 5.88. The fourth-order valence-electron chi connectivity index (χ4n) is 2.86. The van der Waals surface area contributed by atoms with Gasteiger partial charge in [-0.3, -0.25) is 0 Å². The molecule has 4 aromatic rings. The highest BCUT2D eigenvalue weighted by atomic mass is 32.1. The zero-order valence-corrected chi connectivity index (χ0v) is 17.2. The van der Waals surface area contributed by atoms with Crippen LogP contribution in [0.15, 0.2) is 84.0 Å². The topological polar surface area (TPSA) is 64.4 Å². The molecule has 0 atom stereocenters. The van der Waals surface area contributed by atoms with Gasteiger partial charge in [0, 0.05) is 5.56 Å². The predicted octanol–water partition coefficient (Wildman–Crippen LogP) is 5.68. The summed E-state index contributed by atoms with van der Waals surface area (Å²) < 4.78 is 13.4. The molecule has 0 fully saturated rings. The molecular formula is C23H20N4O2S. The van der Waals surface area contributed by atoms with E-state index in [1.165, 1.54) is 0 Å². The maximum atomic E-state index is 5.88. The second-order valence-electron chi connectivity index (χ2n) is 6.35. The van der Waals surface area contributed by atoms with Crippen molar-refractivity contribution in [3.8, 4) is 28.6 Å². The molecule has 0 aliphatic heterocycles. The quantitative estimate of drug-likeness (QED) is 0.311. The van der Waals surface area contributed by atoms with Gasteiger partial charge in [-0.05, 0) is 73.2 Å². The lowest BCUT2D eigenvalue weighted by Gasteiger charge is -2.06. The molecule has 30 heavy (non-hydrogen) atoms. The Labute approximate surface area is 179 Å². The average molecular weight is 417 g/mol. The second-order valence-corrected chi connectivity index (χ2v) is 6.74. The Morgan fingerprint density at radius 1 is 0.967 bits per heavy atom. The first-order valence-electron chi connectivity index (χ1n) is 9.51. The van der Waals surface area contributed by atoms with Crippen LogP contribution < -0.4 is 9.47 Å². The third-order valence-electron chi connectivity index (χ3n) is 4.23. The summed E-state index contributed by atoms with van der Waals surface area (Å²) in [4.78, 5) is 0. The van der Waals surface area contributed by atoms with Crippen molar-refractivity contribution in [3.63, 3.8) is 0 Å². The number of benzene rings is 3. The molecule has 0 saturated carbocycles. The zero-order chi connectivity index (χ0) is 20.8. The summed E-state index contributed by atoms with van der Waals surface area (Å²) in [5, 5.41) is 11.6. The van der Waals surface area contributed by atoms with Gasteiger partial charge in [0.15, 0.2) is 5.82 Å². The van der Waals surface area contributed by atoms with Crippen molar-refractivity contribution in [3.05, 3.63) is 89.2 Å². The Balaban J connectivity index is 1.57. The summed E-state index contributed by atoms with van der Waals surface area (Å²) in [5.41, 5.74) is 1.76. The van der Waals surface area contributed by atoms with E-state index in [-0.39, 0.29) is 0 Å². The monoisotopic (exact) mass is 416 g/mol. The minimum atomic E-state index is 0.409. The van der Waals surface area contributed by atoms with Crippen LogP contribution >= 0.6 is 12.2 Å². The van der Waals surface area contributed by atoms with Crippen molar-refractivity contribution in [2.24, 2.45) is 5.10 Å². The fraction of sp³-hybridized carbons (Fsp3) is 0.0870. The number of H-pyrrole nitrogens is 1. The molecule has 7 heteroatoms. The average Bonchev–Trinajstić information content (AvgIpc) is 3.14. The Morgan fingerprint density at radius 2 is 1.73 bits per heavy atom. The highest BCUT2D eigenvalue weighted by Crippen LogP contribution is 2.23. The molecule has 6 nitrogen and oxygen atoms in total. The van der Waals surface area contributed by atoms with Crippen LogP contribution in [0.1, 0.15) is 12.5 Å². The molecule has 0 aliphatic carbocycles. The van der Waals surface area contributed by atoms with Gasteiger partial charge in [-0.15, -0.1) is 0 Å². The summed E-state index contributed by atoms with van der Waals surface area (Å²) >= 11 is 5.35. The molecule has 150 valence electrons. The minimum absolute atomic E-state index is 0.409. The van der Waals surface area contributed by atoms with E-state index in [9.17, 15) is 0 Å². The summed E-state index contributed by atoms with van der Waals surface area (Å²) in [5.74, 6) is 2.94. The predicted molar refractivity (Wildman–Crippen MR) is 120 cm³/mol. The van der Waals surface area contributed by atoms with E-state index in [0.29, 0.717) is 17.2 Å². The lowest BCUT2D eigenvalue weighted by Crippen LogP contribution is -1.96. The number of hydrogen-bond acceptors (Lipinski definition) is 5. The minimum Gasteiger partial charge on any atom is -0.494 e. The van der Waals surface area contributed by atoms with Gasteiger partial charge in [0.05, 0.1) is 12.8 Å². The van der Waals surface area contributed by atoms with Gasteiger partial charge < -0.3 is 9.47 Å². The lowest BCUT2D eigenvalue weighted by atomic mass is 10.2. The van der Waals surface area contributed by atoms with E-state index in [0.717, 1.165) is 28.4 Å². The number of rotatable bonds is 7. The van der Waals surface area contributed by atoms with Gasteiger partial charge in [-0.1, -0.05) is 30.3 Å². The number of hydrogen-bond donors (Lipinski definition) is 1. The lowest BCUT2D eigenvalue weighted by molar-refractivity contribution is 0.340. The normalized spacial score (nSPS) is 11.0. The van der Waals surface area contributed by atoms with Crippen molar-refractivity contribution in [1.82, 2.24) is 14.9 Å². The number of nitrogens with zero attached hydrogens (tertiary/aromatic N) is 3. The summed E-state index contributed by atoms with van der Waals surface area (Å²) in [6, 6.07) is 25.0. The third kappa shape index (κ3) is 4.64. The Kier molecular flexibility index (Phi) is 6.01. The van der Waals surface area contributed by atoms with Gasteiger partial charge in [0.1, 0.15) is 17.2 Å². The van der Waals surface area contributed by atoms with Crippen LogP contribution in [0.2, 0.25) is 0 Å². The van der Waals surface area contributed by atoms with Crippen LogP contribution in [0.5, 0.6) is 17.2 Å². The number of para-hydroxylation sites is 1. The molecule has 0 spiro atoms. The zero-order valence-electron chi connectivity index (χ0n) is 16.4. The number of ether oxygens (including phenoxy) is 2. The first-order valence-corrected chi connectivity index (χ1v) is 9.92. The molecule has 0 radical (unpaired) electrons. The smallest absolute Gasteiger partial charge is 0.216 e. The molecule has 1 N–H and O–H groups in total. The van der Waals surface area contributed by atoms with Gasteiger partial charge in [0.25, 0.3) is 0 Å². The molecule has 0 saturated heterocycles. The Hall–Kier alpha value is -3.71. The summed E-state index contributed by atoms with van der Waals surface area (Å²) in [6.45, 7) is 2.57. The van der Waals surface area contributed by atoms with E-state index in [2.05, 4.69) is 15.3 Å². The van der Waals surface area contributed by atoms with Gasteiger partial charge in [-0.25, -0.2) is 5.10 Å².